The van der Waals surface area contributed by atoms with E-state index in [9.17, 15) is 14.4 Å². The van der Waals surface area contributed by atoms with Gasteiger partial charge in [0.1, 0.15) is 13.2 Å². The lowest BCUT2D eigenvalue weighted by Gasteiger charge is -2.18. The SMILES string of the molecule is CCCCCCCC/C=C\CCCCCCCC(=O)OCC(COC(=O)CCCCCCCCC/C=C\CCCCCCCCC)OC(=O)CCCCCCCCCCCCCCCCCCCC. The summed E-state index contributed by atoms with van der Waals surface area (Å²) in [5.41, 5.74) is 0. The van der Waals surface area contributed by atoms with E-state index in [0.717, 1.165) is 64.2 Å². The molecule has 6 heteroatoms. The third-order valence-electron chi connectivity index (χ3n) is 13.9. The molecular weight excluding hydrogens is 853 g/mol. The number of esters is 3. The van der Waals surface area contributed by atoms with E-state index in [4.69, 9.17) is 14.2 Å². The third kappa shape index (κ3) is 56.7. The number of hydrogen-bond donors (Lipinski definition) is 0. The lowest BCUT2D eigenvalue weighted by Crippen LogP contribution is -2.30. The summed E-state index contributed by atoms with van der Waals surface area (Å²) < 4.78 is 16.9. The maximum atomic E-state index is 12.9. The van der Waals surface area contributed by atoms with Gasteiger partial charge in [-0.1, -0.05) is 276 Å². The van der Waals surface area contributed by atoms with Crippen LogP contribution >= 0.6 is 0 Å². The molecule has 0 amide bonds. The summed E-state index contributed by atoms with van der Waals surface area (Å²) in [5, 5.41) is 0. The van der Waals surface area contributed by atoms with E-state index >= 15 is 0 Å². The number of rotatable bonds is 57. The van der Waals surface area contributed by atoms with Crippen molar-refractivity contribution >= 4 is 17.9 Å². The van der Waals surface area contributed by atoms with Gasteiger partial charge in [0.05, 0.1) is 0 Å². The molecule has 0 N–H and O–H groups in total. The van der Waals surface area contributed by atoms with Gasteiger partial charge in [-0.2, -0.15) is 0 Å². The molecular formula is C63H118O6. The molecule has 0 aromatic heterocycles. The highest BCUT2D eigenvalue weighted by atomic mass is 16.6. The number of carbonyl (C=O) groups is 3. The first-order chi connectivity index (χ1) is 34.0. The first-order valence-corrected chi connectivity index (χ1v) is 30.8. The van der Waals surface area contributed by atoms with E-state index in [0.29, 0.717) is 19.3 Å². The summed E-state index contributed by atoms with van der Waals surface area (Å²) >= 11 is 0. The Bertz CT molecular complexity index is 1110. The van der Waals surface area contributed by atoms with Crippen molar-refractivity contribution in [1.82, 2.24) is 0 Å². The van der Waals surface area contributed by atoms with Crippen molar-refractivity contribution < 1.29 is 28.6 Å². The van der Waals surface area contributed by atoms with E-state index in [2.05, 4.69) is 45.1 Å². The summed E-state index contributed by atoms with van der Waals surface area (Å²) in [6.45, 7) is 6.68. The molecule has 1 atom stereocenters. The van der Waals surface area contributed by atoms with Crippen LogP contribution in [0.3, 0.4) is 0 Å². The van der Waals surface area contributed by atoms with Crippen molar-refractivity contribution in [2.45, 2.75) is 348 Å². The number of unbranched alkanes of at least 4 members (excludes halogenated alkanes) is 42. The predicted octanol–water partition coefficient (Wildman–Crippen LogP) is 20.7. The molecule has 0 aliphatic heterocycles. The summed E-state index contributed by atoms with van der Waals surface area (Å²) in [7, 11) is 0. The molecule has 69 heavy (non-hydrogen) atoms. The molecule has 0 spiro atoms. The minimum absolute atomic E-state index is 0.0716. The number of carbonyl (C=O) groups excluding carboxylic acids is 3. The first-order valence-electron chi connectivity index (χ1n) is 30.8. The smallest absolute Gasteiger partial charge is 0.306 e. The van der Waals surface area contributed by atoms with Gasteiger partial charge >= 0.3 is 17.9 Å². The molecule has 0 radical (unpaired) electrons. The van der Waals surface area contributed by atoms with Crippen LogP contribution in [-0.4, -0.2) is 37.2 Å². The van der Waals surface area contributed by atoms with Crippen LogP contribution in [0.25, 0.3) is 0 Å². The second-order valence-corrected chi connectivity index (χ2v) is 21.0. The van der Waals surface area contributed by atoms with Crippen LogP contribution in [0, 0.1) is 0 Å². The zero-order valence-electron chi connectivity index (χ0n) is 46.6. The van der Waals surface area contributed by atoms with Gasteiger partial charge < -0.3 is 14.2 Å². The van der Waals surface area contributed by atoms with E-state index in [1.165, 1.54) is 238 Å². The molecule has 0 fully saturated rings. The second kappa shape index (κ2) is 58.5. The zero-order valence-corrected chi connectivity index (χ0v) is 46.6. The average Bonchev–Trinajstić information content (AvgIpc) is 3.35. The first kappa shape index (κ1) is 66.9. The molecule has 1 unspecified atom stereocenters. The minimum Gasteiger partial charge on any atom is -0.462 e. The molecule has 0 aliphatic rings. The zero-order chi connectivity index (χ0) is 50.0. The Labute approximate surface area is 430 Å². The normalized spacial score (nSPS) is 12.1. The molecule has 0 saturated carbocycles. The van der Waals surface area contributed by atoms with Crippen LogP contribution in [0.2, 0.25) is 0 Å². The Morgan fingerprint density at radius 1 is 0.275 bits per heavy atom. The fourth-order valence-corrected chi connectivity index (χ4v) is 9.26. The molecule has 0 rings (SSSR count). The third-order valence-corrected chi connectivity index (χ3v) is 13.9. The van der Waals surface area contributed by atoms with Crippen LogP contribution in [0.15, 0.2) is 24.3 Å². The number of allylic oxidation sites excluding steroid dienone is 4. The van der Waals surface area contributed by atoms with E-state index < -0.39 is 6.10 Å². The Morgan fingerprint density at radius 2 is 0.478 bits per heavy atom. The van der Waals surface area contributed by atoms with E-state index in [1.807, 2.05) is 0 Å². The molecule has 0 aromatic rings. The number of hydrogen-bond acceptors (Lipinski definition) is 6. The van der Waals surface area contributed by atoms with Gasteiger partial charge in [-0.25, -0.2) is 0 Å². The average molecular weight is 972 g/mol. The van der Waals surface area contributed by atoms with Gasteiger partial charge in [0, 0.05) is 19.3 Å². The van der Waals surface area contributed by atoms with Gasteiger partial charge in [0.25, 0.3) is 0 Å². The fourth-order valence-electron chi connectivity index (χ4n) is 9.26. The molecule has 0 heterocycles. The Hall–Kier alpha value is -2.11. The van der Waals surface area contributed by atoms with Gasteiger partial charge in [-0.3, -0.25) is 14.4 Å². The van der Waals surface area contributed by atoms with Crippen molar-refractivity contribution in [2.75, 3.05) is 13.2 Å². The molecule has 0 saturated heterocycles. The summed E-state index contributed by atoms with van der Waals surface area (Å²) in [4.78, 5) is 38.2. The van der Waals surface area contributed by atoms with Crippen molar-refractivity contribution in [3.63, 3.8) is 0 Å². The molecule has 406 valence electrons. The summed E-state index contributed by atoms with van der Waals surface area (Å²) in [6, 6.07) is 0. The maximum Gasteiger partial charge on any atom is 0.306 e. The van der Waals surface area contributed by atoms with E-state index in [1.54, 1.807) is 0 Å². The van der Waals surface area contributed by atoms with Crippen LogP contribution < -0.4 is 0 Å². The van der Waals surface area contributed by atoms with Gasteiger partial charge in [-0.05, 0) is 70.6 Å². The second-order valence-electron chi connectivity index (χ2n) is 21.0. The van der Waals surface area contributed by atoms with Crippen molar-refractivity contribution in [3.05, 3.63) is 24.3 Å². The largest absolute Gasteiger partial charge is 0.462 e. The van der Waals surface area contributed by atoms with Crippen molar-refractivity contribution in [2.24, 2.45) is 0 Å². The molecule has 0 aromatic carbocycles. The number of ether oxygens (including phenoxy) is 3. The minimum atomic E-state index is -0.773. The van der Waals surface area contributed by atoms with Crippen molar-refractivity contribution in [3.8, 4) is 0 Å². The standard InChI is InChI=1S/C63H118O6/c1-4-7-10-13-16-19-22-25-28-30-32-35-38-41-44-47-50-53-56-62(65)68-59-60(58-67-61(64)55-52-49-46-43-40-37-34-27-24-21-18-15-12-9-6-3)69-63(66)57-54-51-48-45-42-39-36-33-31-29-26-23-20-17-14-11-8-5-2/h27-28,30,34,60H,4-26,29,31-33,35-59H2,1-3H3/b30-28-,34-27-. The van der Waals surface area contributed by atoms with E-state index in [-0.39, 0.29) is 31.1 Å². The lowest BCUT2D eigenvalue weighted by molar-refractivity contribution is -0.167. The highest BCUT2D eigenvalue weighted by molar-refractivity contribution is 5.71. The Balaban J connectivity index is 4.33. The fraction of sp³-hybridized carbons (Fsp3) is 0.889. The quantitative estimate of drug-likeness (QED) is 0.0261. The topological polar surface area (TPSA) is 78.9 Å². The predicted molar refractivity (Wildman–Crippen MR) is 298 cm³/mol. The highest BCUT2D eigenvalue weighted by Crippen LogP contribution is 2.17. The highest BCUT2D eigenvalue weighted by Gasteiger charge is 2.19. The summed E-state index contributed by atoms with van der Waals surface area (Å²) in [6.07, 6.45) is 68.9. The lowest BCUT2D eigenvalue weighted by atomic mass is 10.0. The maximum absolute atomic E-state index is 12.9. The van der Waals surface area contributed by atoms with Crippen LogP contribution in [0.4, 0.5) is 0 Å². The van der Waals surface area contributed by atoms with Gasteiger partial charge in [0.2, 0.25) is 0 Å². The van der Waals surface area contributed by atoms with Gasteiger partial charge in [-0.15, -0.1) is 0 Å². The molecule has 0 aliphatic carbocycles. The molecule has 0 bridgehead atoms. The Kier molecular flexibility index (Phi) is 56.7. The van der Waals surface area contributed by atoms with Crippen molar-refractivity contribution in [1.29, 1.82) is 0 Å². The van der Waals surface area contributed by atoms with Crippen LogP contribution in [0.1, 0.15) is 342 Å². The van der Waals surface area contributed by atoms with Gasteiger partial charge in [0.15, 0.2) is 6.10 Å². The van der Waals surface area contributed by atoms with Crippen LogP contribution in [-0.2, 0) is 28.6 Å². The summed E-state index contributed by atoms with van der Waals surface area (Å²) in [5.74, 6) is -0.860. The molecule has 6 nitrogen and oxygen atoms in total. The van der Waals surface area contributed by atoms with Crippen LogP contribution in [0.5, 0.6) is 0 Å². The monoisotopic (exact) mass is 971 g/mol. The Morgan fingerprint density at radius 3 is 0.725 bits per heavy atom.